The van der Waals surface area contributed by atoms with Gasteiger partial charge in [-0.1, -0.05) is 60.7 Å². The number of carbonyl (C=O) groups excluding carboxylic acids is 1. The second-order valence-electron chi connectivity index (χ2n) is 7.49. The van der Waals surface area contributed by atoms with Gasteiger partial charge in [0.15, 0.2) is 0 Å². The molecule has 0 radical (unpaired) electrons. The van der Waals surface area contributed by atoms with Crippen molar-refractivity contribution >= 4 is 6.03 Å². The number of rotatable bonds is 10. The van der Waals surface area contributed by atoms with Crippen LogP contribution in [0.1, 0.15) is 17.5 Å². The average Bonchev–Trinajstić information content (AvgIpc) is 2.83. The molecule has 3 aromatic rings. The Morgan fingerprint density at radius 3 is 2.32 bits per heavy atom. The number of nitrogens with zero attached hydrogens (tertiary/aromatic N) is 2. The zero-order valence-corrected chi connectivity index (χ0v) is 18.2. The van der Waals surface area contributed by atoms with Crippen molar-refractivity contribution < 1.29 is 4.79 Å². The summed E-state index contributed by atoms with van der Waals surface area (Å²) < 4.78 is 0. The predicted molar refractivity (Wildman–Crippen MR) is 125 cm³/mol. The number of likely N-dealkylation sites (N-methyl/N-ethyl adjacent to an activating group) is 1. The van der Waals surface area contributed by atoms with E-state index in [1.807, 2.05) is 36.3 Å². The summed E-state index contributed by atoms with van der Waals surface area (Å²) in [4.78, 5) is 16.4. The van der Waals surface area contributed by atoms with Crippen molar-refractivity contribution in [2.75, 3.05) is 20.6 Å². The fourth-order valence-electron chi connectivity index (χ4n) is 3.47. The van der Waals surface area contributed by atoms with E-state index in [9.17, 15) is 4.79 Å². The molecule has 1 atom stereocenters. The number of pyridine rings is 1. The van der Waals surface area contributed by atoms with Crippen LogP contribution >= 0.6 is 0 Å². The molecule has 3 N–H and O–H groups in total. The smallest absolute Gasteiger partial charge is 0.329 e. The van der Waals surface area contributed by atoms with Crippen LogP contribution in [0.2, 0.25) is 0 Å². The molecule has 1 heterocycles. The van der Waals surface area contributed by atoms with E-state index in [0.717, 1.165) is 36.2 Å². The minimum Gasteiger partial charge on any atom is -0.340 e. The molecule has 2 aromatic carbocycles. The molecule has 3 rings (SSSR count). The lowest BCUT2D eigenvalue weighted by molar-refractivity contribution is 0.166. The van der Waals surface area contributed by atoms with E-state index in [1.54, 1.807) is 13.2 Å². The Balaban J connectivity index is 1.62. The zero-order valence-electron chi connectivity index (χ0n) is 18.2. The molecule has 0 spiro atoms. The summed E-state index contributed by atoms with van der Waals surface area (Å²) in [6.07, 6.45) is 3.65. The summed E-state index contributed by atoms with van der Waals surface area (Å²) in [7, 11) is 3.61. The first kappa shape index (κ1) is 22.5. The number of aromatic nitrogens is 1. The molecule has 0 aliphatic rings. The third-order valence-corrected chi connectivity index (χ3v) is 5.26. The molecule has 0 aliphatic carbocycles. The predicted octanol–water partition coefficient (Wildman–Crippen LogP) is 3.62. The van der Waals surface area contributed by atoms with E-state index >= 15 is 0 Å². The van der Waals surface area contributed by atoms with Gasteiger partial charge >= 0.3 is 6.03 Å². The van der Waals surface area contributed by atoms with Crippen LogP contribution in [0.5, 0.6) is 0 Å². The van der Waals surface area contributed by atoms with E-state index in [2.05, 4.69) is 69.6 Å². The maximum atomic E-state index is 12.0. The van der Waals surface area contributed by atoms with Crippen LogP contribution in [0, 0.1) is 0 Å². The molecule has 6 heteroatoms. The highest BCUT2D eigenvalue weighted by atomic mass is 16.2. The van der Waals surface area contributed by atoms with Crippen molar-refractivity contribution in [3.8, 4) is 11.3 Å². The highest BCUT2D eigenvalue weighted by Gasteiger charge is 2.13. The number of amides is 2. The summed E-state index contributed by atoms with van der Waals surface area (Å²) >= 11 is 0. The Morgan fingerprint density at radius 1 is 0.935 bits per heavy atom. The first-order valence-corrected chi connectivity index (χ1v) is 10.6. The number of hydrazine groups is 1. The maximum Gasteiger partial charge on any atom is 0.329 e. The zero-order chi connectivity index (χ0) is 21.9. The highest BCUT2D eigenvalue weighted by Crippen LogP contribution is 2.17. The van der Waals surface area contributed by atoms with Gasteiger partial charge in [0.05, 0.1) is 5.69 Å². The molecule has 0 saturated carbocycles. The van der Waals surface area contributed by atoms with Gasteiger partial charge in [0.1, 0.15) is 0 Å². The second-order valence-corrected chi connectivity index (χ2v) is 7.49. The number of nitrogens with one attached hydrogen (secondary N) is 3. The summed E-state index contributed by atoms with van der Waals surface area (Å²) in [6, 6.07) is 24.8. The standard InChI is InChI=1S/C25H31N5O/c1-26-23(18-20-8-4-3-5-9-20)15-17-30(29-25(31)27-2)19-21-11-13-22(14-12-21)24-10-6-7-16-28-24/h3-14,16,23,26H,15,17-19H2,1-2H3,(H2,27,29,31). The maximum absolute atomic E-state index is 12.0. The molecule has 1 aromatic heterocycles. The van der Waals surface area contributed by atoms with Gasteiger partial charge in [-0.05, 0) is 43.1 Å². The molecule has 0 aliphatic heterocycles. The lowest BCUT2D eigenvalue weighted by atomic mass is 10.0. The molecule has 1 unspecified atom stereocenters. The fraction of sp³-hybridized carbons (Fsp3) is 0.280. The minimum absolute atomic E-state index is 0.214. The van der Waals surface area contributed by atoms with Gasteiger partial charge in [0.2, 0.25) is 0 Å². The first-order chi connectivity index (χ1) is 15.2. The van der Waals surface area contributed by atoms with Gasteiger partial charge in [0.25, 0.3) is 0 Å². The Hall–Kier alpha value is -3.22. The van der Waals surface area contributed by atoms with Crippen LogP contribution in [-0.2, 0) is 13.0 Å². The van der Waals surface area contributed by atoms with E-state index in [0.29, 0.717) is 12.6 Å². The van der Waals surface area contributed by atoms with Crippen molar-refractivity contribution in [2.45, 2.75) is 25.4 Å². The molecule has 2 amide bonds. The van der Waals surface area contributed by atoms with Crippen molar-refractivity contribution in [3.63, 3.8) is 0 Å². The molecule has 0 fully saturated rings. The summed E-state index contributed by atoms with van der Waals surface area (Å²) in [5.41, 5.74) is 7.40. The number of hydrogen-bond acceptors (Lipinski definition) is 4. The van der Waals surface area contributed by atoms with E-state index in [1.165, 1.54) is 5.56 Å². The van der Waals surface area contributed by atoms with Gasteiger partial charge in [-0.2, -0.15) is 0 Å². The SMILES string of the molecule is CNC(=O)NN(CCC(Cc1ccccc1)NC)Cc1ccc(-c2ccccn2)cc1. The number of hydrogen-bond donors (Lipinski definition) is 3. The van der Waals surface area contributed by atoms with Gasteiger partial charge in [-0.3, -0.25) is 10.4 Å². The quantitative estimate of drug-likeness (QED) is 0.441. The number of urea groups is 1. The van der Waals surface area contributed by atoms with Crippen LogP contribution in [0.4, 0.5) is 4.79 Å². The van der Waals surface area contributed by atoms with Crippen molar-refractivity contribution in [1.29, 1.82) is 0 Å². The van der Waals surface area contributed by atoms with Crippen LogP contribution in [0.15, 0.2) is 79.0 Å². The van der Waals surface area contributed by atoms with Gasteiger partial charge in [0, 0.05) is 37.9 Å². The van der Waals surface area contributed by atoms with Crippen molar-refractivity contribution in [1.82, 2.24) is 26.1 Å². The molecule has 31 heavy (non-hydrogen) atoms. The Kier molecular flexibility index (Phi) is 8.58. The topological polar surface area (TPSA) is 69.3 Å². The molecule has 0 saturated heterocycles. The molecule has 6 nitrogen and oxygen atoms in total. The van der Waals surface area contributed by atoms with Crippen LogP contribution in [0.25, 0.3) is 11.3 Å². The molecular formula is C25H31N5O. The third-order valence-electron chi connectivity index (χ3n) is 5.26. The lowest BCUT2D eigenvalue weighted by Crippen LogP contribution is -2.47. The fourth-order valence-corrected chi connectivity index (χ4v) is 3.47. The average molecular weight is 418 g/mol. The second kappa shape index (κ2) is 11.8. The van der Waals surface area contributed by atoms with E-state index in [-0.39, 0.29) is 6.03 Å². The summed E-state index contributed by atoms with van der Waals surface area (Å²) in [6.45, 7) is 1.35. The van der Waals surface area contributed by atoms with E-state index < -0.39 is 0 Å². The van der Waals surface area contributed by atoms with Gasteiger partial charge < -0.3 is 10.6 Å². The van der Waals surface area contributed by atoms with Crippen molar-refractivity contribution in [2.24, 2.45) is 0 Å². The van der Waals surface area contributed by atoms with E-state index in [4.69, 9.17) is 0 Å². The lowest BCUT2D eigenvalue weighted by Gasteiger charge is -2.26. The summed E-state index contributed by atoms with van der Waals surface area (Å²) in [5.74, 6) is 0. The highest BCUT2D eigenvalue weighted by molar-refractivity contribution is 5.72. The molecular weight excluding hydrogens is 386 g/mol. The van der Waals surface area contributed by atoms with Crippen LogP contribution < -0.4 is 16.1 Å². The molecule has 162 valence electrons. The Bertz CT molecular complexity index is 916. The van der Waals surface area contributed by atoms with Crippen LogP contribution in [-0.4, -0.2) is 42.7 Å². The summed E-state index contributed by atoms with van der Waals surface area (Å²) in [5, 5.41) is 8.00. The Labute approximate surface area is 184 Å². The normalized spacial score (nSPS) is 11.8. The Morgan fingerprint density at radius 2 is 1.68 bits per heavy atom. The van der Waals surface area contributed by atoms with Gasteiger partial charge in [-0.15, -0.1) is 0 Å². The monoisotopic (exact) mass is 417 g/mol. The van der Waals surface area contributed by atoms with Crippen molar-refractivity contribution in [3.05, 3.63) is 90.1 Å². The third kappa shape index (κ3) is 7.20. The number of carbonyl (C=O) groups is 1. The molecule has 0 bridgehead atoms. The minimum atomic E-state index is -0.214. The largest absolute Gasteiger partial charge is 0.340 e. The number of benzene rings is 2. The van der Waals surface area contributed by atoms with Crippen LogP contribution in [0.3, 0.4) is 0 Å². The van der Waals surface area contributed by atoms with Gasteiger partial charge in [-0.25, -0.2) is 9.80 Å². The first-order valence-electron chi connectivity index (χ1n) is 10.6.